The van der Waals surface area contributed by atoms with E-state index in [0.717, 1.165) is 5.56 Å². The first-order valence-corrected chi connectivity index (χ1v) is 6.04. The van der Waals surface area contributed by atoms with Crippen LogP contribution >= 0.6 is 0 Å². The predicted molar refractivity (Wildman–Crippen MR) is 68.0 cm³/mol. The van der Waals surface area contributed by atoms with Gasteiger partial charge in [0, 0.05) is 17.7 Å². The van der Waals surface area contributed by atoms with Crippen LogP contribution in [0.25, 0.3) is 0 Å². The second kappa shape index (κ2) is 7.35. The molecular weight excluding hydrogens is 275 g/mol. The fourth-order valence-corrected chi connectivity index (χ4v) is 1.54. The Morgan fingerprint density at radius 1 is 1.25 bits per heavy atom. The van der Waals surface area contributed by atoms with Crippen molar-refractivity contribution in [3.8, 4) is 11.5 Å². The van der Waals surface area contributed by atoms with Crippen LogP contribution in [0.4, 0.5) is 13.2 Å². The number of benzene rings is 1. The summed E-state index contributed by atoms with van der Waals surface area (Å²) >= 11 is 0. The van der Waals surface area contributed by atoms with Gasteiger partial charge in [0.1, 0.15) is 24.7 Å². The molecule has 1 aromatic rings. The fraction of sp³-hybridized carbons (Fsp3) is 0.538. The topological polar surface area (TPSA) is 53.7 Å². The molecule has 4 nitrogen and oxygen atoms in total. The van der Waals surface area contributed by atoms with Gasteiger partial charge in [0.25, 0.3) is 0 Å². The molecule has 1 atom stereocenters. The lowest BCUT2D eigenvalue weighted by Crippen LogP contribution is -2.19. The monoisotopic (exact) mass is 293 g/mol. The van der Waals surface area contributed by atoms with E-state index in [2.05, 4.69) is 4.74 Å². The van der Waals surface area contributed by atoms with Crippen molar-refractivity contribution in [2.24, 2.45) is 5.73 Å². The first-order chi connectivity index (χ1) is 9.33. The molecule has 20 heavy (non-hydrogen) atoms. The van der Waals surface area contributed by atoms with Crippen molar-refractivity contribution in [3.63, 3.8) is 0 Å². The molecule has 0 aliphatic carbocycles. The third-order valence-electron chi connectivity index (χ3n) is 2.46. The van der Waals surface area contributed by atoms with E-state index >= 15 is 0 Å². The summed E-state index contributed by atoms with van der Waals surface area (Å²) in [7, 11) is 1.51. The Morgan fingerprint density at radius 2 is 1.95 bits per heavy atom. The highest BCUT2D eigenvalue weighted by molar-refractivity contribution is 5.42. The van der Waals surface area contributed by atoms with E-state index in [1.165, 1.54) is 7.11 Å². The number of nitrogens with two attached hydrogens (primary N) is 1. The lowest BCUT2D eigenvalue weighted by molar-refractivity contribution is -0.175. The van der Waals surface area contributed by atoms with Crippen LogP contribution in [0.3, 0.4) is 0 Å². The van der Waals surface area contributed by atoms with Crippen molar-refractivity contribution in [1.29, 1.82) is 0 Å². The van der Waals surface area contributed by atoms with Gasteiger partial charge in [-0.3, -0.25) is 0 Å². The van der Waals surface area contributed by atoms with Crippen molar-refractivity contribution >= 4 is 0 Å². The summed E-state index contributed by atoms with van der Waals surface area (Å²) in [5.74, 6) is 1.07. The molecule has 0 heterocycles. The zero-order valence-electron chi connectivity index (χ0n) is 11.4. The minimum Gasteiger partial charge on any atom is -0.497 e. The van der Waals surface area contributed by atoms with Crippen molar-refractivity contribution < 1.29 is 27.4 Å². The molecule has 0 saturated heterocycles. The highest BCUT2D eigenvalue weighted by Crippen LogP contribution is 2.28. The van der Waals surface area contributed by atoms with Gasteiger partial charge in [0.2, 0.25) is 0 Å². The normalized spacial score (nSPS) is 13.1. The fourth-order valence-electron chi connectivity index (χ4n) is 1.54. The van der Waals surface area contributed by atoms with Gasteiger partial charge in [-0.15, -0.1) is 0 Å². The zero-order valence-corrected chi connectivity index (χ0v) is 11.4. The SMILES string of the molecule is COc1ccc([C@H](C)N)c(OCCOCC(F)(F)F)c1. The maximum absolute atomic E-state index is 11.9. The highest BCUT2D eigenvalue weighted by Gasteiger charge is 2.27. The molecule has 0 spiro atoms. The number of halogens is 3. The molecule has 1 rings (SSSR count). The molecule has 0 fully saturated rings. The average Bonchev–Trinajstić information content (AvgIpc) is 2.36. The van der Waals surface area contributed by atoms with Gasteiger partial charge >= 0.3 is 6.18 Å². The molecule has 0 amide bonds. The molecule has 0 radical (unpaired) electrons. The molecule has 0 aliphatic rings. The summed E-state index contributed by atoms with van der Waals surface area (Å²) in [6.45, 7) is 0.349. The van der Waals surface area contributed by atoms with Crippen LogP contribution < -0.4 is 15.2 Å². The Labute approximate surface area is 115 Å². The Morgan fingerprint density at radius 3 is 2.50 bits per heavy atom. The minimum absolute atomic E-state index is 0.00294. The molecule has 7 heteroatoms. The lowest BCUT2D eigenvalue weighted by atomic mass is 10.1. The number of alkyl halides is 3. The second-order valence-corrected chi connectivity index (χ2v) is 4.21. The first-order valence-electron chi connectivity index (χ1n) is 6.04. The largest absolute Gasteiger partial charge is 0.497 e. The Balaban J connectivity index is 2.53. The van der Waals surface area contributed by atoms with Gasteiger partial charge < -0.3 is 19.9 Å². The maximum atomic E-state index is 11.9. The first kappa shape index (κ1) is 16.6. The number of ether oxygens (including phenoxy) is 3. The summed E-state index contributed by atoms with van der Waals surface area (Å²) in [5.41, 5.74) is 6.54. The van der Waals surface area contributed by atoms with E-state index in [9.17, 15) is 13.2 Å². The zero-order chi connectivity index (χ0) is 15.2. The van der Waals surface area contributed by atoms with Gasteiger partial charge in [-0.2, -0.15) is 13.2 Å². The number of rotatable bonds is 7. The maximum Gasteiger partial charge on any atom is 0.411 e. The van der Waals surface area contributed by atoms with E-state index in [-0.39, 0.29) is 19.3 Å². The van der Waals surface area contributed by atoms with Crippen LogP contribution in [0.15, 0.2) is 18.2 Å². The van der Waals surface area contributed by atoms with Crippen LogP contribution in [0.2, 0.25) is 0 Å². The smallest absolute Gasteiger partial charge is 0.411 e. The van der Waals surface area contributed by atoms with Crippen LogP contribution in [0.1, 0.15) is 18.5 Å². The summed E-state index contributed by atoms with van der Waals surface area (Å²) in [6, 6.07) is 4.89. The third kappa shape index (κ3) is 5.66. The van der Waals surface area contributed by atoms with Crippen molar-refractivity contribution in [2.45, 2.75) is 19.1 Å². The Hall–Kier alpha value is -1.47. The summed E-state index contributed by atoms with van der Waals surface area (Å²) in [5, 5.41) is 0. The van der Waals surface area contributed by atoms with E-state index < -0.39 is 12.8 Å². The summed E-state index contributed by atoms with van der Waals surface area (Å²) < 4.78 is 50.6. The number of methoxy groups -OCH3 is 1. The molecule has 0 unspecified atom stereocenters. The number of hydrogen-bond donors (Lipinski definition) is 1. The Kier molecular flexibility index (Phi) is 6.09. The van der Waals surface area contributed by atoms with Crippen LogP contribution in [0.5, 0.6) is 11.5 Å². The third-order valence-corrected chi connectivity index (χ3v) is 2.46. The summed E-state index contributed by atoms with van der Waals surface area (Å²) in [6.07, 6.45) is -4.33. The molecule has 2 N–H and O–H groups in total. The van der Waals surface area contributed by atoms with Gasteiger partial charge in [0.15, 0.2) is 0 Å². The van der Waals surface area contributed by atoms with E-state index in [1.807, 2.05) is 0 Å². The van der Waals surface area contributed by atoms with Crippen LogP contribution in [-0.2, 0) is 4.74 Å². The van der Waals surface area contributed by atoms with Gasteiger partial charge in [-0.25, -0.2) is 0 Å². The minimum atomic E-state index is -4.33. The van der Waals surface area contributed by atoms with Crippen molar-refractivity contribution in [1.82, 2.24) is 0 Å². The van der Waals surface area contributed by atoms with E-state index in [0.29, 0.717) is 11.5 Å². The average molecular weight is 293 g/mol. The van der Waals surface area contributed by atoms with Gasteiger partial charge in [0.05, 0.1) is 13.7 Å². The molecule has 114 valence electrons. The second-order valence-electron chi connectivity index (χ2n) is 4.21. The molecular formula is C13H18F3NO3. The highest BCUT2D eigenvalue weighted by atomic mass is 19.4. The van der Waals surface area contributed by atoms with E-state index in [1.54, 1.807) is 25.1 Å². The quantitative estimate of drug-likeness (QED) is 0.785. The standard InChI is InChI=1S/C13H18F3NO3/c1-9(17)11-4-3-10(18-2)7-12(11)20-6-5-19-8-13(14,15)16/h3-4,7,9H,5-6,8,17H2,1-2H3/t9-/m0/s1. The van der Waals surface area contributed by atoms with Crippen LogP contribution in [0, 0.1) is 0 Å². The van der Waals surface area contributed by atoms with Crippen LogP contribution in [-0.4, -0.2) is 33.1 Å². The van der Waals surface area contributed by atoms with Gasteiger partial charge in [-0.05, 0) is 13.0 Å². The lowest BCUT2D eigenvalue weighted by Gasteiger charge is -2.15. The molecule has 0 saturated carbocycles. The van der Waals surface area contributed by atoms with Gasteiger partial charge in [-0.1, -0.05) is 6.07 Å². The van der Waals surface area contributed by atoms with Crippen molar-refractivity contribution in [2.75, 3.05) is 26.9 Å². The molecule has 0 aromatic heterocycles. The molecule has 0 aliphatic heterocycles. The Bertz CT molecular complexity index is 422. The molecule has 1 aromatic carbocycles. The summed E-state index contributed by atoms with van der Waals surface area (Å²) in [4.78, 5) is 0. The van der Waals surface area contributed by atoms with Crippen molar-refractivity contribution in [3.05, 3.63) is 23.8 Å². The van der Waals surface area contributed by atoms with E-state index in [4.69, 9.17) is 15.2 Å². The molecule has 0 bridgehead atoms. The predicted octanol–water partition coefficient (Wildman–Crippen LogP) is 2.67. The number of hydrogen-bond acceptors (Lipinski definition) is 4.